The number of aromatic nitrogens is 2. The molecule has 1 fully saturated rings. The fourth-order valence-corrected chi connectivity index (χ4v) is 3.15. The summed E-state index contributed by atoms with van der Waals surface area (Å²) in [6.45, 7) is 4.60. The van der Waals surface area contributed by atoms with Gasteiger partial charge in [-0.15, -0.1) is 11.8 Å². The number of rotatable bonds is 4. The Morgan fingerprint density at radius 1 is 1.53 bits per heavy atom. The molecule has 0 radical (unpaired) electrons. The molecule has 0 bridgehead atoms. The first-order chi connectivity index (χ1) is 8.29. The van der Waals surface area contributed by atoms with Crippen molar-refractivity contribution in [3.8, 4) is 0 Å². The van der Waals surface area contributed by atoms with Gasteiger partial charge < -0.3 is 10.1 Å². The molecule has 0 saturated carbocycles. The zero-order valence-corrected chi connectivity index (χ0v) is 12.2. The van der Waals surface area contributed by atoms with Gasteiger partial charge >= 0.3 is 0 Å². The van der Waals surface area contributed by atoms with Crippen LogP contribution in [0.3, 0.4) is 0 Å². The van der Waals surface area contributed by atoms with Crippen molar-refractivity contribution in [2.24, 2.45) is 0 Å². The highest BCUT2D eigenvalue weighted by atomic mass is 79.9. The van der Waals surface area contributed by atoms with E-state index in [4.69, 9.17) is 4.74 Å². The summed E-state index contributed by atoms with van der Waals surface area (Å²) >= 11 is 5.32. The Balaban J connectivity index is 2.04. The zero-order chi connectivity index (χ0) is 12.1. The number of halogens is 1. The Bertz CT molecular complexity index is 372. The third kappa shape index (κ3) is 3.82. The van der Waals surface area contributed by atoms with Gasteiger partial charge in [-0.3, -0.25) is 0 Å². The van der Waals surface area contributed by atoms with Crippen molar-refractivity contribution in [2.45, 2.75) is 30.0 Å². The van der Waals surface area contributed by atoms with E-state index in [2.05, 4.69) is 31.2 Å². The van der Waals surface area contributed by atoms with E-state index in [0.29, 0.717) is 11.2 Å². The average Bonchev–Trinajstić information content (AvgIpc) is 2.35. The highest BCUT2D eigenvalue weighted by Gasteiger charge is 2.17. The van der Waals surface area contributed by atoms with E-state index in [1.807, 2.05) is 24.9 Å². The fraction of sp³-hybridized carbons (Fsp3) is 0.636. The number of thioether (sulfide) groups is 1. The summed E-state index contributed by atoms with van der Waals surface area (Å²) in [5.74, 6) is 0.699. The first-order valence-corrected chi connectivity index (χ1v) is 7.47. The Morgan fingerprint density at radius 3 is 3.00 bits per heavy atom. The Hall–Kier alpha value is -0.330. The second-order valence-electron chi connectivity index (χ2n) is 3.81. The molecule has 1 saturated heterocycles. The van der Waals surface area contributed by atoms with Crippen LogP contribution in [0.2, 0.25) is 0 Å². The second-order valence-corrected chi connectivity index (χ2v) is 5.95. The van der Waals surface area contributed by atoms with Gasteiger partial charge in [-0.1, -0.05) is 0 Å². The van der Waals surface area contributed by atoms with E-state index < -0.39 is 0 Å². The monoisotopic (exact) mass is 317 g/mol. The molecule has 0 spiro atoms. The Labute approximate surface area is 114 Å². The van der Waals surface area contributed by atoms with Gasteiger partial charge in [0, 0.05) is 31.2 Å². The Kier molecular flexibility index (Phi) is 5.06. The topological polar surface area (TPSA) is 47.0 Å². The van der Waals surface area contributed by atoms with E-state index in [-0.39, 0.29) is 0 Å². The molecular weight excluding hydrogens is 302 g/mol. The molecule has 1 N–H and O–H groups in total. The third-order valence-corrected chi connectivity index (χ3v) is 4.68. The maximum Gasteiger partial charge on any atom is 0.223 e. The van der Waals surface area contributed by atoms with Crippen molar-refractivity contribution < 1.29 is 4.74 Å². The average molecular weight is 318 g/mol. The van der Waals surface area contributed by atoms with Crippen LogP contribution >= 0.6 is 27.7 Å². The molecule has 1 aromatic heterocycles. The van der Waals surface area contributed by atoms with Crippen LogP contribution < -0.4 is 5.32 Å². The minimum atomic E-state index is 0.601. The van der Waals surface area contributed by atoms with Crippen molar-refractivity contribution in [1.29, 1.82) is 0 Å². The summed E-state index contributed by atoms with van der Waals surface area (Å²) in [5, 5.41) is 4.75. The molecule has 4 nitrogen and oxygen atoms in total. The van der Waals surface area contributed by atoms with Crippen molar-refractivity contribution in [1.82, 2.24) is 9.97 Å². The summed E-state index contributed by atoms with van der Waals surface area (Å²) in [5.41, 5.74) is 0. The molecule has 2 rings (SSSR count). The Morgan fingerprint density at radius 2 is 2.29 bits per heavy atom. The van der Waals surface area contributed by atoms with E-state index in [0.717, 1.165) is 42.1 Å². The molecule has 0 aromatic carbocycles. The summed E-state index contributed by atoms with van der Waals surface area (Å²) < 4.78 is 6.33. The van der Waals surface area contributed by atoms with Crippen LogP contribution in [0, 0.1) is 0 Å². The molecule has 0 unspecified atom stereocenters. The summed E-state index contributed by atoms with van der Waals surface area (Å²) in [6.07, 6.45) is 4.00. The molecule has 2 heterocycles. The zero-order valence-electron chi connectivity index (χ0n) is 9.78. The smallest absolute Gasteiger partial charge is 0.223 e. The van der Waals surface area contributed by atoms with Gasteiger partial charge in [0.25, 0.3) is 0 Å². The number of hydrogen-bond donors (Lipinski definition) is 1. The third-order valence-electron chi connectivity index (χ3n) is 2.49. The van der Waals surface area contributed by atoms with Crippen molar-refractivity contribution in [3.05, 3.63) is 10.7 Å². The first kappa shape index (κ1) is 13.1. The lowest BCUT2D eigenvalue weighted by Gasteiger charge is -2.21. The highest BCUT2D eigenvalue weighted by molar-refractivity contribution is 9.10. The summed E-state index contributed by atoms with van der Waals surface area (Å²) in [6, 6.07) is 0. The van der Waals surface area contributed by atoms with E-state index >= 15 is 0 Å². The highest BCUT2D eigenvalue weighted by Crippen LogP contribution is 2.33. The quantitative estimate of drug-likeness (QED) is 0.865. The first-order valence-electron chi connectivity index (χ1n) is 5.80. The summed E-state index contributed by atoms with van der Waals surface area (Å²) in [7, 11) is 0. The van der Waals surface area contributed by atoms with Crippen molar-refractivity contribution in [3.63, 3.8) is 0 Å². The maximum absolute atomic E-state index is 5.36. The second kappa shape index (κ2) is 6.56. The van der Waals surface area contributed by atoms with Gasteiger partial charge in [-0.2, -0.15) is 0 Å². The largest absolute Gasteiger partial charge is 0.381 e. The lowest BCUT2D eigenvalue weighted by molar-refractivity contribution is 0.1000. The molecular formula is C11H16BrN3OS. The number of nitrogens with one attached hydrogen (secondary N) is 1. The molecule has 1 aromatic rings. The van der Waals surface area contributed by atoms with Gasteiger partial charge in [-0.25, -0.2) is 9.97 Å². The van der Waals surface area contributed by atoms with E-state index in [1.54, 1.807) is 0 Å². The fourth-order valence-electron chi connectivity index (χ4n) is 1.63. The number of ether oxygens (including phenoxy) is 1. The van der Waals surface area contributed by atoms with Gasteiger partial charge in [0.2, 0.25) is 5.95 Å². The predicted molar refractivity (Wildman–Crippen MR) is 73.6 cm³/mol. The number of nitrogens with zero attached hydrogens (tertiary/aromatic N) is 2. The van der Waals surface area contributed by atoms with Crippen LogP contribution in [0.4, 0.5) is 5.95 Å². The molecule has 0 aliphatic carbocycles. The number of hydrogen-bond acceptors (Lipinski definition) is 5. The maximum atomic E-state index is 5.36. The molecule has 6 heteroatoms. The standard InChI is InChI=1S/C11H16BrN3OS/c1-2-13-11-14-7-9(12)10(15-11)17-8-3-5-16-6-4-8/h7-8H,2-6H2,1H3,(H,13,14,15). The minimum Gasteiger partial charge on any atom is -0.381 e. The van der Waals surface area contributed by atoms with Gasteiger partial charge in [0.15, 0.2) is 0 Å². The van der Waals surface area contributed by atoms with E-state index in [9.17, 15) is 0 Å². The lowest BCUT2D eigenvalue weighted by atomic mass is 10.2. The SMILES string of the molecule is CCNc1ncc(Br)c(SC2CCOCC2)n1. The normalized spacial score (nSPS) is 17.1. The molecule has 0 atom stereocenters. The van der Waals surface area contributed by atoms with Crippen LogP contribution in [0.15, 0.2) is 15.7 Å². The van der Waals surface area contributed by atoms with Crippen LogP contribution in [0.5, 0.6) is 0 Å². The van der Waals surface area contributed by atoms with Crippen molar-refractivity contribution in [2.75, 3.05) is 25.1 Å². The van der Waals surface area contributed by atoms with Gasteiger partial charge in [0.1, 0.15) is 5.03 Å². The minimum absolute atomic E-state index is 0.601. The molecule has 1 aliphatic heterocycles. The molecule has 0 amide bonds. The van der Waals surface area contributed by atoms with Crippen LogP contribution in [-0.2, 0) is 4.74 Å². The van der Waals surface area contributed by atoms with Crippen LogP contribution in [-0.4, -0.2) is 35.0 Å². The molecule has 17 heavy (non-hydrogen) atoms. The number of anilines is 1. The lowest BCUT2D eigenvalue weighted by Crippen LogP contribution is -2.17. The van der Waals surface area contributed by atoms with Crippen LogP contribution in [0.25, 0.3) is 0 Å². The molecule has 94 valence electrons. The summed E-state index contributed by atoms with van der Waals surface area (Å²) in [4.78, 5) is 8.72. The van der Waals surface area contributed by atoms with E-state index in [1.165, 1.54) is 0 Å². The van der Waals surface area contributed by atoms with Gasteiger partial charge in [-0.05, 0) is 35.7 Å². The predicted octanol–water partition coefficient (Wildman–Crippen LogP) is 2.94. The van der Waals surface area contributed by atoms with Crippen LogP contribution in [0.1, 0.15) is 19.8 Å². The van der Waals surface area contributed by atoms with Gasteiger partial charge in [0.05, 0.1) is 4.47 Å². The molecule has 1 aliphatic rings. The van der Waals surface area contributed by atoms with Crippen molar-refractivity contribution >= 4 is 33.6 Å².